The number of fused-ring (bicyclic) bond motifs is 1. The van der Waals surface area contributed by atoms with Crippen LogP contribution in [0.3, 0.4) is 0 Å². The smallest absolute Gasteiger partial charge is 0.427 e. The normalized spacial score (nSPS) is 14.9. The van der Waals surface area contributed by atoms with E-state index in [0.29, 0.717) is 41.0 Å². The molecule has 0 aliphatic carbocycles. The second-order valence-electron chi connectivity index (χ2n) is 10.1. The summed E-state index contributed by atoms with van der Waals surface area (Å²) in [6.45, 7) is 7.47. The molecule has 0 bridgehead atoms. The highest BCUT2D eigenvalue weighted by Crippen LogP contribution is 2.38. The van der Waals surface area contributed by atoms with Crippen molar-refractivity contribution in [1.82, 2.24) is 29.7 Å². The second-order valence-corrected chi connectivity index (χ2v) is 10.5. The first-order chi connectivity index (χ1) is 19.1. The first kappa shape index (κ1) is 28.1. The monoisotopic (exact) mass is 574 g/mol. The number of imidazole rings is 1. The van der Waals surface area contributed by atoms with Crippen LogP contribution in [-0.4, -0.2) is 75.5 Å². The van der Waals surface area contributed by atoms with Crippen LogP contribution < -0.4 is 14.8 Å². The lowest BCUT2D eigenvalue weighted by Gasteiger charge is -2.27. The molecule has 1 aliphatic rings. The molecule has 0 unspecified atom stereocenters. The number of benzene rings is 2. The Hall–Kier alpha value is -3.41. The van der Waals surface area contributed by atoms with Gasteiger partial charge in [-0.15, -0.1) is 0 Å². The van der Waals surface area contributed by atoms with Crippen LogP contribution in [0.25, 0.3) is 22.6 Å². The number of alkyl halides is 3. The van der Waals surface area contributed by atoms with Crippen molar-refractivity contribution in [2.75, 3.05) is 39.3 Å². The predicted molar refractivity (Wildman–Crippen MR) is 147 cm³/mol. The molecule has 2 aromatic heterocycles. The standard InChI is InChI=1S/C28H30ClF3N6O2/c1-27(2,28(30,31)32)40-26-23-25(34-18-35-26)38(17-19-6-4-3-5-7-19)24(36-23)21-9-8-20(16-22(21)29)39-15-14-37-12-10-33-11-13-37/h3-9,16,18,33H,10-15,17H2,1-2H3. The Labute approximate surface area is 235 Å². The molecule has 0 radical (unpaired) electrons. The summed E-state index contributed by atoms with van der Waals surface area (Å²) in [6.07, 6.45) is -3.45. The average molecular weight is 575 g/mol. The molecule has 1 aliphatic heterocycles. The summed E-state index contributed by atoms with van der Waals surface area (Å²) in [5, 5.41) is 3.71. The third kappa shape index (κ3) is 6.16. The summed E-state index contributed by atoms with van der Waals surface area (Å²) >= 11 is 6.73. The third-order valence-electron chi connectivity index (χ3n) is 6.78. The highest BCUT2D eigenvalue weighted by Gasteiger charge is 2.50. The Morgan fingerprint density at radius 2 is 1.77 bits per heavy atom. The van der Waals surface area contributed by atoms with Gasteiger partial charge in [0.05, 0.1) is 11.6 Å². The molecular formula is C28H30ClF3N6O2. The fraction of sp³-hybridized carbons (Fsp3) is 0.393. The van der Waals surface area contributed by atoms with Gasteiger partial charge in [0.1, 0.15) is 24.5 Å². The number of nitrogens with zero attached hydrogens (tertiary/aromatic N) is 5. The predicted octanol–water partition coefficient (Wildman–Crippen LogP) is 5.20. The van der Waals surface area contributed by atoms with Crippen molar-refractivity contribution in [3.05, 3.63) is 65.4 Å². The Kier molecular flexibility index (Phi) is 8.16. The summed E-state index contributed by atoms with van der Waals surface area (Å²) in [4.78, 5) is 15.4. The number of aromatic nitrogens is 4. The molecule has 12 heteroatoms. The van der Waals surface area contributed by atoms with E-state index in [4.69, 9.17) is 21.1 Å². The number of ether oxygens (including phenoxy) is 2. The number of piperazine rings is 1. The summed E-state index contributed by atoms with van der Waals surface area (Å²) < 4.78 is 53.9. The maximum absolute atomic E-state index is 13.6. The molecule has 8 nitrogen and oxygen atoms in total. The minimum atomic E-state index is -4.62. The minimum Gasteiger partial charge on any atom is -0.492 e. The van der Waals surface area contributed by atoms with Crippen LogP contribution in [0.1, 0.15) is 19.4 Å². The highest BCUT2D eigenvalue weighted by atomic mass is 35.5. The van der Waals surface area contributed by atoms with Crippen LogP contribution in [0.15, 0.2) is 54.9 Å². The van der Waals surface area contributed by atoms with Gasteiger partial charge in [-0.1, -0.05) is 41.9 Å². The van der Waals surface area contributed by atoms with Crippen LogP contribution in [0.5, 0.6) is 11.6 Å². The number of hydrogen-bond donors (Lipinski definition) is 1. The summed E-state index contributed by atoms with van der Waals surface area (Å²) in [5.74, 6) is 0.779. The topological polar surface area (TPSA) is 77.3 Å². The van der Waals surface area contributed by atoms with Crippen molar-refractivity contribution in [3.63, 3.8) is 0 Å². The first-order valence-corrected chi connectivity index (χ1v) is 13.4. The molecule has 1 saturated heterocycles. The largest absolute Gasteiger partial charge is 0.492 e. The molecule has 0 amide bonds. The molecular weight excluding hydrogens is 545 g/mol. The molecule has 0 atom stereocenters. The fourth-order valence-corrected chi connectivity index (χ4v) is 4.66. The van der Waals surface area contributed by atoms with E-state index in [1.807, 2.05) is 30.3 Å². The van der Waals surface area contributed by atoms with Crippen molar-refractivity contribution in [3.8, 4) is 23.0 Å². The van der Waals surface area contributed by atoms with Gasteiger partial charge in [0.2, 0.25) is 5.88 Å². The molecule has 0 saturated carbocycles. The van der Waals surface area contributed by atoms with Crippen LogP contribution in [0.2, 0.25) is 5.02 Å². The Morgan fingerprint density at radius 1 is 1.02 bits per heavy atom. The molecule has 2 aromatic carbocycles. The lowest BCUT2D eigenvalue weighted by Crippen LogP contribution is -2.44. The average Bonchev–Trinajstić information content (AvgIpc) is 3.28. The quantitative estimate of drug-likeness (QED) is 0.294. The van der Waals surface area contributed by atoms with E-state index < -0.39 is 11.8 Å². The molecule has 1 N–H and O–H groups in total. The third-order valence-corrected chi connectivity index (χ3v) is 7.10. The van der Waals surface area contributed by atoms with E-state index in [-0.39, 0.29) is 11.4 Å². The zero-order valence-electron chi connectivity index (χ0n) is 22.2. The van der Waals surface area contributed by atoms with Gasteiger partial charge < -0.3 is 19.4 Å². The van der Waals surface area contributed by atoms with Gasteiger partial charge in [0, 0.05) is 38.3 Å². The molecule has 5 rings (SSSR count). The van der Waals surface area contributed by atoms with E-state index in [9.17, 15) is 13.2 Å². The summed E-state index contributed by atoms with van der Waals surface area (Å²) in [6, 6.07) is 14.9. The van der Waals surface area contributed by atoms with Gasteiger partial charge >= 0.3 is 6.18 Å². The number of hydrogen-bond acceptors (Lipinski definition) is 7. The maximum atomic E-state index is 13.6. The van der Waals surface area contributed by atoms with Gasteiger partial charge in [0.15, 0.2) is 16.8 Å². The molecule has 40 heavy (non-hydrogen) atoms. The number of rotatable bonds is 9. The van der Waals surface area contributed by atoms with Crippen LogP contribution in [0.4, 0.5) is 13.2 Å². The van der Waals surface area contributed by atoms with Gasteiger partial charge in [-0.2, -0.15) is 18.2 Å². The molecule has 4 aromatic rings. The van der Waals surface area contributed by atoms with Crippen molar-refractivity contribution in [2.24, 2.45) is 0 Å². The van der Waals surface area contributed by atoms with Gasteiger partial charge in [-0.3, -0.25) is 4.90 Å². The van der Waals surface area contributed by atoms with Crippen molar-refractivity contribution >= 4 is 22.8 Å². The second kappa shape index (κ2) is 11.6. The van der Waals surface area contributed by atoms with Crippen LogP contribution >= 0.6 is 11.6 Å². The SMILES string of the molecule is CC(C)(Oc1ncnc2c1nc(-c1ccc(OCCN3CCNCC3)cc1Cl)n2Cc1ccccc1)C(F)(F)F. The Bertz CT molecular complexity index is 1460. The van der Waals surface area contributed by atoms with Crippen molar-refractivity contribution in [1.29, 1.82) is 0 Å². The molecule has 0 spiro atoms. The summed E-state index contributed by atoms with van der Waals surface area (Å²) in [5.41, 5.74) is -0.527. The zero-order valence-corrected chi connectivity index (χ0v) is 23.0. The Balaban J connectivity index is 1.49. The zero-order chi connectivity index (χ0) is 28.3. The highest BCUT2D eigenvalue weighted by molar-refractivity contribution is 6.33. The molecule has 3 heterocycles. The lowest BCUT2D eigenvalue weighted by atomic mass is 10.1. The van der Waals surface area contributed by atoms with Gasteiger partial charge in [-0.25, -0.2) is 9.97 Å². The van der Waals surface area contributed by atoms with Crippen LogP contribution in [-0.2, 0) is 6.54 Å². The minimum absolute atomic E-state index is 0.109. The lowest BCUT2D eigenvalue weighted by molar-refractivity contribution is -0.235. The van der Waals surface area contributed by atoms with E-state index in [1.165, 1.54) is 6.33 Å². The van der Waals surface area contributed by atoms with E-state index >= 15 is 0 Å². The van der Waals surface area contributed by atoms with Gasteiger partial charge in [0.25, 0.3) is 0 Å². The number of nitrogens with one attached hydrogen (secondary N) is 1. The van der Waals surface area contributed by atoms with Crippen molar-refractivity contribution < 1.29 is 22.6 Å². The summed E-state index contributed by atoms with van der Waals surface area (Å²) in [7, 11) is 0. The Morgan fingerprint density at radius 3 is 2.48 bits per heavy atom. The van der Waals surface area contributed by atoms with Gasteiger partial charge in [-0.05, 0) is 37.6 Å². The van der Waals surface area contributed by atoms with Crippen LogP contribution in [0, 0.1) is 0 Å². The van der Waals surface area contributed by atoms with E-state index in [1.54, 1.807) is 22.8 Å². The molecule has 212 valence electrons. The van der Waals surface area contributed by atoms with E-state index in [0.717, 1.165) is 52.1 Å². The van der Waals surface area contributed by atoms with E-state index in [2.05, 4.69) is 25.2 Å². The maximum Gasteiger partial charge on any atom is 0.427 e. The first-order valence-electron chi connectivity index (χ1n) is 13.0. The number of halogens is 4. The fourth-order valence-electron chi connectivity index (χ4n) is 4.41. The molecule has 1 fully saturated rings. The van der Waals surface area contributed by atoms with Crippen molar-refractivity contribution in [2.45, 2.75) is 32.2 Å².